The van der Waals surface area contributed by atoms with Crippen molar-refractivity contribution in [3.63, 3.8) is 0 Å². The molecule has 0 amide bonds. The molecule has 2 aromatic carbocycles. The molecule has 3 aliphatic rings. The molecule has 1 aliphatic heterocycles. The molecule has 1 heterocycles. The molecule has 2 nitrogen and oxygen atoms in total. The number of hydrogen-bond acceptors (Lipinski definition) is 2. The second-order valence-corrected chi connectivity index (χ2v) is 9.88. The van der Waals surface area contributed by atoms with Gasteiger partial charge in [0.1, 0.15) is 5.78 Å². The van der Waals surface area contributed by atoms with Gasteiger partial charge in [0, 0.05) is 11.5 Å². The average Bonchev–Trinajstić information content (AvgIpc) is 3.18. The van der Waals surface area contributed by atoms with E-state index in [9.17, 15) is 4.79 Å². The van der Waals surface area contributed by atoms with Crippen molar-refractivity contribution in [1.82, 2.24) is 5.32 Å². The largest absolute Gasteiger partial charge is 0.313 e. The Bertz CT molecular complexity index is 851. The van der Waals surface area contributed by atoms with Crippen LogP contribution in [0.3, 0.4) is 0 Å². The van der Waals surface area contributed by atoms with Crippen molar-refractivity contribution < 1.29 is 4.79 Å². The topological polar surface area (TPSA) is 29.1 Å². The van der Waals surface area contributed by atoms with E-state index in [0.717, 1.165) is 18.9 Å². The number of benzene rings is 2. The molecule has 1 atom stereocenters. The number of ketones is 1. The molecule has 0 aromatic heterocycles. The van der Waals surface area contributed by atoms with E-state index in [1.807, 2.05) is 0 Å². The van der Waals surface area contributed by atoms with Crippen LogP contribution in [0.1, 0.15) is 80.5 Å². The van der Waals surface area contributed by atoms with E-state index in [1.165, 1.54) is 61.8 Å². The Kier molecular flexibility index (Phi) is 6.16. The van der Waals surface area contributed by atoms with Crippen LogP contribution in [0.5, 0.6) is 0 Å². The summed E-state index contributed by atoms with van der Waals surface area (Å²) < 4.78 is 0. The molecular weight excluding hydrogens is 366 g/mol. The monoisotopic (exact) mass is 403 g/mol. The summed E-state index contributed by atoms with van der Waals surface area (Å²) in [4.78, 5) is 11.6. The van der Waals surface area contributed by atoms with Gasteiger partial charge in [0.15, 0.2) is 0 Å². The molecule has 5 rings (SSSR count). The Morgan fingerprint density at radius 2 is 1.33 bits per heavy atom. The number of nitrogens with one attached hydrogen (secondary N) is 1. The molecule has 2 heteroatoms. The van der Waals surface area contributed by atoms with E-state index in [0.29, 0.717) is 11.2 Å². The third kappa shape index (κ3) is 3.87. The first-order valence-electron chi connectivity index (χ1n) is 11.9. The van der Waals surface area contributed by atoms with Crippen LogP contribution in [0.25, 0.3) is 0 Å². The quantitative estimate of drug-likeness (QED) is 0.661. The second kappa shape index (κ2) is 8.67. The van der Waals surface area contributed by atoms with E-state index >= 15 is 0 Å². The molecule has 0 bridgehead atoms. The Morgan fingerprint density at radius 3 is 1.70 bits per heavy atom. The summed E-state index contributed by atoms with van der Waals surface area (Å²) in [6, 6.07) is 18.4. The molecule has 3 fully saturated rings. The molecule has 2 aliphatic carbocycles. The molecule has 0 radical (unpaired) electrons. The van der Waals surface area contributed by atoms with Crippen LogP contribution in [-0.4, -0.2) is 18.4 Å². The van der Waals surface area contributed by atoms with Gasteiger partial charge in [-0.05, 0) is 77.0 Å². The fourth-order valence-electron chi connectivity index (χ4n) is 5.68. The van der Waals surface area contributed by atoms with Crippen LogP contribution in [0.4, 0.5) is 0 Å². The first-order valence-corrected chi connectivity index (χ1v) is 11.9. The van der Waals surface area contributed by atoms with Crippen molar-refractivity contribution in [2.45, 2.75) is 89.0 Å². The number of rotatable bonds is 4. The Hall–Kier alpha value is -1.93. The summed E-state index contributed by atoms with van der Waals surface area (Å²) in [5.41, 5.74) is 5.76. The van der Waals surface area contributed by atoms with Crippen molar-refractivity contribution in [2.75, 3.05) is 6.54 Å². The van der Waals surface area contributed by atoms with E-state index in [2.05, 4.69) is 67.7 Å². The van der Waals surface area contributed by atoms with Gasteiger partial charge in [-0.15, -0.1) is 0 Å². The lowest BCUT2D eigenvalue weighted by Crippen LogP contribution is -2.50. The maximum atomic E-state index is 11.6. The van der Waals surface area contributed by atoms with E-state index in [4.69, 9.17) is 0 Å². The van der Waals surface area contributed by atoms with Crippen LogP contribution < -0.4 is 5.32 Å². The lowest BCUT2D eigenvalue weighted by atomic mass is 9.60. The van der Waals surface area contributed by atoms with Gasteiger partial charge in [-0.25, -0.2) is 0 Å². The molecular formula is C28H37NO. The smallest absolute Gasteiger partial charge is 0.140 e. The molecule has 1 N–H and O–H groups in total. The Labute approximate surface area is 182 Å². The number of carbonyl (C=O) groups excluding carboxylic acids is 1. The van der Waals surface area contributed by atoms with Gasteiger partial charge in [-0.1, -0.05) is 72.5 Å². The minimum atomic E-state index is -0.131. The summed E-state index contributed by atoms with van der Waals surface area (Å²) in [7, 11) is 0. The molecule has 2 aromatic rings. The fourth-order valence-corrected chi connectivity index (χ4v) is 5.68. The Morgan fingerprint density at radius 1 is 0.800 bits per heavy atom. The van der Waals surface area contributed by atoms with Gasteiger partial charge in [-0.2, -0.15) is 0 Å². The highest BCUT2D eigenvalue weighted by molar-refractivity contribution is 5.89. The number of Topliss-reactive ketones (excluding diaryl/α,β-unsaturated/α-hetero) is 1. The lowest BCUT2D eigenvalue weighted by Gasteiger charge is -2.47. The zero-order valence-electron chi connectivity index (χ0n) is 19.0. The van der Waals surface area contributed by atoms with Crippen LogP contribution in [0, 0.1) is 13.8 Å². The standard InChI is InChI=1S/C15H21N.C13H16O/c1-12-5-7-13(8-6-12)15(9-3-10-15)14-4-2-11-16-14;1-10-4-6-12(7-5-10)13(11(2)14)8-3-9-13/h5-8,14,16H,2-4,9-11H2,1H3;4-7H,3,8-9H2,1-2H3. The summed E-state index contributed by atoms with van der Waals surface area (Å²) in [6.45, 7) is 7.19. The van der Waals surface area contributed by atoms with E-state index in [1.54, 1.807) is 12.5 Å². The summed E-state index contributed by atoms with van der Waals surface area (Å²) in [6.07, 6.45) is 10.2. The van der Waals surface area contributed by atoms with Gasteiger partial charge >= 0.3 is 0 Å². The van der Waals surface area contributed by atoms with Crippen molar-refractivity contribution >= 4 is 5.78 Å². The molecule has 0 spiro atoms. The molecule has 30 heavy (non-hydrogen) atoms. The molecule has 1 unspecified atom stereocenters. The maximum absolute atomic E-state index is 11.6. The van der Waals surface area contributed by atoms with Crippen molar-refractivity contribution in [3.8, 4) is 0 Å². The normalized spacial score (nSPS) is 23.5. The van der Waals surface area contributed by atoms with E-state index < -0.39 is 0 Å². The predicted molar refractivity (Wildman–Crippen MR) is 125 cm³/mol. The highest BCUT2D eigenvalue weighted by Gasteiger charge is 2.46. The highest BCUT2D eigenvalue weighted by Crippen LogP contribution is 2.48. The zero-order chi connectivity index (χ0) is 21.2. The highest BCUT2D eigenvalue weighted by atomic mass is 16.1. The van der Waals surface area contributed by atoms with Gasteiger partial charge in [-0.3, -0.25) is 4.79 Å². The second-order valence-electron chi connectivity index (χ2n) is 9.88. The SMILES string of the molecule is CC(=O)C1(c2ccc(C)cc2)CCC1.Cc1ccc(C2(C3CCCN3)CCC2)cc1. The van der Waals surface area contributed by atoms with Crippen LogP contribution in [-0.2, 0) is 15.6 Å². The lowest BCUT2D eigenvalue weighted by molar-refractivity contribution is -0.125. The third-order valence-electron chi connectivity index (χ3n) is 8.08. The van der Waals surface area contributed by atoms with E-state index in [-0.39, 0.29) is 5.41 Å². The van der Waals surface area contributed by atoms with Gasteiger partial charge < -0.3 is 5.32 Å². The molecule has 2 saturated carbocycles. The van der Waals surface area contributed by atoms with Crippen LogP contribution >= 0.6 is 0 Å². The minimum Gasteiger partial charge on any atom is -0.313 e. The summed E-state index contributed by atoms with van der Waals surface area (Å²) in [5.74, 6) is 0.326. The van der Waals surface area contributed by atoms with Gasteiger partial charge in [0.05, 0.1) is 5.41 Å². The zero-order valence-corrected chi connectivity index (χ0v) is 19.0. The summed E-state index contributed by atoms with van der Waals surface area (Å²) in [5, 5.41) is 3.71. The Balaban J connectivity index is 0.000000147. The van der Waals surface area contributed by atoms with Crippen LogP contribution in [0.15, 0.2) is 48.5 Å². The van der Waals surface area contributed by atoms with Crippen molar-refractivity contribution in [2.24, 2.45) is 0 Å². The number of hydrogen-bond donors (Lipinski definition) is 1. The van der Waals surface area contributed by atoms with Gasteiger partial charge in [0.25, 0.3) is 0 Å². The number of aryl methyl sites for hydroxylation is 2. The third-order valence-corrected chi connectivity index (χ3v) is 8.08. The average molecular weight is 404 g/mol. The van der Waals surface area contributed by atoms with Crippen LogP contribution in [0.2, 0.25) is 0 Å². The van der Waals surface area contributed by atoms with Gasteiger partial charge in [0.2, 0.25) is 0 Å². The van der Waals surface area contributed by atoms with Crippen molar-refractivity contribution in [1.29, 1.82) is 0 Å². The predicted octanol–water partition coefficient (Wildman–Crippen LogP) is 6.17. The first kappa shape index (κ1) is 21.3. The maximum Gasteiger partial charge on any atom is 0.140 e. The first-order chi connectivity index (χ1) is 14.5. The number of carbonyl (C=O) groups is 1. The summed E-state index contributed by atoms with van der Waals surface area (Å²) >= 11 is 0. The fraction of sp³-hybridized carbons (Fsp3) is 0.536. The minimum absolute atomic E-state index is 0.131. The molecule has 1 saturated heterocycles. The molecule has 160 valence electrons. The van der Waals surface area contributed by atoms with Crippen molar-refractivity contribution in [3.05, 3.63) is 70.8 Å².